The Morgan fingerprint density at radius 1 is 0.929 bits per heavy atom. The van der Waals surface area contributed by atoms with Crippen molar-refractivity contribution in [3.05, 3.63) is 35.4 Å². The average molecular weight is 394 g/mol. The Morgan fingerprint density at radius 2 is 1.46 bits per heavy atom. The van der Waals surface area contributed by atoms with Gasteiger partial charge in [0.25, 0.3) is 0 Å². The highest BCUT2D eigenvalue weighted by molar-refractivity contribution is 6.02. The van der Waals surface area contributed by atoms with E-state index in [0.29, 0.717) is 18.4 Å². The number of hydrogen-bond acceptors (Lipinski definition) is 3. The minimum absolute atomic E-state index is 0.0214. The summed E-state index contributed by atoms with van der Waals surface area (Å²) < 4.78 is 38.0. The number of carbonyl (C=O) groups excluding carboxylic acids is 3. The Labute approximate surface area is 160 Å². The molecule has 0 radical (unpaired) electrons. The van der Waals surface area contributed by atoms with Gasteiger partial charge in [-0.3, -0.25) is 19.3 Å². The van der Waals surface area contributed by atoms with Crippen LogP contribution in [0.15, 0.2) is 24.3 Å². The molecule has 3 amide bonds. The van der Waals surface area contributed by atoms with Crippen molar-refractivity contribution in [2.75, 3.05) is 0 Å². The highest BCUT2D eigenvalue weighted by Crippen LogP contribution is 2.39. The van der Waals surface area contributed by atoms with Gasteiger partial charge in [0.05, 0.1) is 12.0 Å². The van der Waals surface area contributed by atoms with Gasteiger partial charge in [-0.05, 0) is 43.4 Å². The summed E-state index contributed by atoms with van der Waals surface area (Å²) in [4.78, 5) is 40.1. The molecule has 3 aliphatic heterocycles. The fraction of sp³-hybridized carbons (Fsp3) is 0.550. The van der Waals surface area contributed by atoms with Crippen molar-refractivity contribution < 1.29 is 27.6 Å². The molecular formula is C20H21F3N2O3. The zero-order valence-corrected chi connectivity index (χ0v) is 15.2. The van der Waals surface area contributed by atoms with E-state index in [1.807, 2.05) is 4.90 Å². The predicted octanol–water partition coefficient (Wildman–Crippen LogP) is 2.92. The molecule has 0 aliphatic carbocycles. The number of rotatable bonds is 3. The Hall–Kier alpha value is -2.38. The van der Waals surface area contributed by atoms with E-state index in [-0.39, 0.29) is 55.1 Å². The van der Waals surface area contributed by atoms with Gasteiger partial charge in [0.2, 0.25) is 17.7 Å². The molecule has 0 spiro atoms. The fourth-order valence-corrected chi connectivity index (χ4v) is 4.84. The number of benzene rings is 1. The molecule has 0 aromatic heterocycles. The van der Waals surface area contributed by atoms with E-state index in [1.54, 1.807) is 0 Å². The largest absolute Gasteiger partial charge is 0.416 e. The summed E-state index contributed by atoms with van der Waals surface area (Å²) in [5.41, 5.74) is -0.186. The molecule has 3 fully saturated rings. The molecule has 2 unspecified atom stereocenters. The number of halogens is 3. The minimum Gasteiger partial charge on any atom is -0.336 e. The highest BCUT2D eigenvalue weighted by atomic mass is 19.4. The van der Waals surface area contributed by atoms with Gasteiger partial charge in [-0.1, -0.05) is 12.1 Å². The zero-order chi connectivity index (χ0) is 20.1. The normalized spacial score (nSPS) is 27.6. The van der Waals surface area contributed by atoms with Gasteiger partial charge in [0, 0.05) is 31.0 Å². The molecule has 0 saturated carbocycles. The summed E-state index contributed by atoms with van der Waals surface area (Å²) in [6, 6.07) is 4.49. The Bertz CT molecular complexity index is 776. The average Bonchev–Trinajstić information content (AvgIpc) is 3.10. The van der Waals surface area contributed by atoms with Crippen LogP contribution in [0.2, 0.25) is 0 Å². The Balaban J connectivity index is 1.42. The van der Waals surface area contributed by atoms with Crippen LogP contribution in [-0.4, -0.2) is 45.6 Å². The number of hydrogen-bond donors (Lipinski definition) is 0. The number of alkyl halides is 3. The number of carbonyl (C=O) groups is 3. The molecule has 8 heteroatoms. The molecular weight excluding hydrogens is 373 g/mol. The lowest BCUT2D eigenvalue weighted by molar-refractivity contribution is -0.144. The van der Waals surface area contributed by atoms with Crippen molar-refractivity contribution in [2.24, 2.45) is 0 Å². The van der Waals surface area contributed by atoms with Crippen molar-refractivity contribution in [1.82, 2.24) is 9.80 Å². The lowest BCUT2D eigenvalue weighted by Crippen LogP contribution is -2.54. The van der Waals surface area contributed by atoms with Crippen molar-refractivity contribution >= 4 is 17.7 Å². The quantitative estimate of drug-likeness (QED) is 0.741. The van der Waals surface area contributed by atoms with Crippen molar-refractivity contribution in [3.8, 4) is 0 Å². The Morgan fingerprint density at radius 3 is 1.96 bits per heavy atom. The summed E-state index contributed by atoms with van der Waals surface area (Å²) in [6.07, 6.45) is -0.973. The molecule has 4 rings (SSSR count). The molecule has 1 aromatic rings. The van der Waals surface area contributed by atoms with Gasteiger partial charge in [-0.2, -0.15) is 13.2 Å². The summed E-state index contributed by atoms with van der Waals surface area (Å²) in [5, 5.41) is 0. The highest BCUT2D eigenvalue weighted by Gasteiger charge is 2.47. The van der Waals surface area contributed by atoms with Gasteiger partial charge in [0.15, 0.2) is 0 Å². The van der Waals surface area contributed by atoms with Crippen molar-refractivity contribution in [2.45, 2.75) is 69.2 Å². The van der Waals surface area contributed by atoms with Crippen LogP contribution in [0, 0.1) is 0 Å². The third-order valence-electron chi connectivity index (χ3n) is 6.09. The van der Waals surface area contributed by atoms with Gasteiger partial charge < -0.3 is 4.90 Å². The summed E-state index contributed by atoms with van der Waals surface area (Å²) in [6.45, 7) is 0. The fourth-order valence-electron chi connectivity index (χ4n) is 4.84. The second kappa shape index (κ2) is 6.90. The van der Waals surface area contributed by atoms with E-state index in [9.17, 15) is 27.6 Å². The van der Waals surface area contributed by atoms with Crippen molar-refractivity contribution in [3.63, 3.8) is 0 Å². The van der Waals surface area contributed by atoms with E-state index in [0.717, 1.165) is 25.0 Å². The first kappa shape index (κ1) is 19.0. The number of piperidine rings is 1. The summed E-state index contributed by atoms with van der Waals surface area (Å²) in [5.74, 6) is -0.359. The van der Waals surface area contributed by atoms with Gasteiger partial charge in [-0.25, -0.2) is 0 Å². The molecule has 5 nitrogen and oxygen atoms in total. The smallest absolute Gasteiger partial charge is 0.336 e. The maximum atomic E-state index is 12.8. The number of fused-ring (bicyclic) bond motifs is 2. The second-order valence-electron chi connectivity index (χ2n) is 7.84. The minimum atomic E-state index is -4.39. The van der Waals surface area contributed by atoms with Gasteiger partial charge in [-0.15, -0.1) is 0 Å². The van der Waals surface area contributed by atoms with Gasteiger partial charge >= 0.3 is 6.18 Å². The maximum absolute atomic E-state index is 12.8. The third kappa shape index (κ3) is 3.40. The first-order valence-electron chi connectivity index (χ1n) is 9.56. The van der Waals surface area contributed by atoms with E-state index >= 15 is 0 Å². The SMILES string of the molecule is O=C1CCC(=O)N1C1CC2CCC(C1)N2C(=O)Cc1ccc(C(F)(F)F)cc1. The van der Waals surface area contributed by atoms with E-state index in [2.05, 4.69) is 0 Å². The molecule has 1 aromatic carbocycles. The van der Waals surface area contributed by atoms with E-state index in [1.165, 1.54) is 17.0 Å². The van der Waals surface area contributed by atoms with E-state index < -0.39 is 11.7 Å². The molecule has 3 aliphatic rings. The van der Waals surface area contributed by atoms with Crippen molar-refractivity contribution in [1.29, 1.82) is 0 Å². The summed E-state index contributed by atoms with van der Waals surface area (Å²) in [7, 11) is 0. The lowest BCUT2D eigenvalue weighted by atomic mass is 9.95. The second-order valence-corrected chi connectivity index (χ2v) is 7.84. The van der Waals surface area contributed by atoms with Crippen LogP contribution in [0.1, 0.15) is 49.7 Å². The number of imide groups is 1. The first-order chi connectivity index (χ1) is 13.2. The van der Waals surface area contributed by atoms with Crippen LogP contribution < -0.4 is 0 Å². The maximum Gasteiger partial charge on any atom is 0.416 e. The lowest BCUT2D eigenvalue weighted by Gasteiger charge is -2.41. The van der Waals surface area contributed by atoms with Crippen LogP contribution in [0.4, 0.5) is 13.2 Å². The summed E-state index contributed by atoms with van der Waals surface area (Å²) >= 11 is 0. The zero-order valence-electron chi connectivity index (χ0n) is 15.2. The molecule has 3 saturated heterocycles. The Kier molecular flexibility index (Phi) is 4.67. The van der Waals surface area contributed by atoms with Crippen LogP contribution >= 0.6 is 0 Å². The first-order valence-corrected chi connectivity index (χ1v) is 9.56. The number of amides is 3. The van der Waals surface area contributed by atoms with Crippen LogP contribution in [0.3, 0.4) is 0 Å². The van der Waals surface area contributed by atoms with Crippen LogP contribution in [0.5, 0.6) is 0 Å². The third-order valence-corrected chi connectivity index (χ3v) is 6.09. The topological polar surface area (TPSA) is 57.7 Å². The van der Waals surface area contributed by atoms with Crippen LogP contribution in [-0.2, 0) is 27.0 Å². The molecule has 2 atom stereocenters. The molecule has 0 N–H and O–H groups in total. The number of likely N-dealkylation sites (tertiary alicyclic amines) is 1. The standard InChI is InChI=1S/C20H21F3N2O3/c21-20(22,23)13-3-1-12(2-4-13)9-19(28)24-14-5-6-15(24)11-16(10-14)25-17(26)7-8-18(25)27/h1-4,14-16H,5-11H2. The predicted molar refractivity (Wildman–Crippen MR) is 92.9 cm³/mol. The monoisotopic (exact) mass is 394 g/mol. The molecule has 150 valence electrons. The van der Waals surface area contributed by atoms with E-state index in [4.69, 9.17) is 0 Å². The van der Waals surface area contributed by atoms with Crippen LogP contribution in [0.25, 0.3) is 0 Å². The molecule has 3 heterocycles. The molecule has 28 heavy (non-hydrogen) atoms. The number of nitrogens with zero attached hydrogens (tertiary/aromatic N) is 2. The van der Waals surface area contributed by atoms with Gasteiger partial charge in [0.1, 0.15) is 0 Å². The molecule has 2 bridgehead atoms.